The summed E-state index contributed by atoms with van der Waals surface area (Å²) in [5.74, 6) is -1.32. The number of aryl methyl sites for hydroxylation is 1. The number of carbonyl (C=O) groups is 2. The van der Waals surface area contributed by atoms with Crippen molar-refractivity contribution in [3.8, 4) is 0 Å². The minimum atomic E-state index is -0.860. The summed E-state index contributed by atoms with van der Waals surface area (Å²) in [6.45, 7) is 1.97. The van der Waals surface area contributed by atoms with Crippen molar-refractivity contribution in [3.63, 3.8) is 0 Å². The number of rotatable bonds is 4. The number of amides is 1. The van der Waals surface area contributed by atoms with Crippen LogP contribution in [-0.4, -0.2) is 21.7 Å². The van der Waals surface area contributed by atoms with Gasteiger partial charge in [-0.15, -0.1) is 11.3 Å². The number of furan rings is 1. The van der Waals surface area contributed by atoms with E-state index >= 15 is 0 Å². The first kappa shape index (κ1) is 18.2. The summed E-state index contributed by atoms with van der Waals surface area (Å²) in [4.78, 5) is 27.8. The third-order valence-electron chi connectivity index (χ3n) is 4.59. The number of hydrogen-bond donors (Lipinski definition) is 1. The molecule has 1 fully saturated rings. The number of carbonyl (C=O) groups excluding carboxylic acids is 2. The first-order chi connectivity index (χ1) is 13.5. The Balaban J connectivity index is 1.85. The molecule has 0 radical (unpaired) electrons. The van der Waals surface area contributed by atoms with Gasteiger partial charge in [0.25, 0.3) is 11.7 Å². The Bertz CT molecular complexity index is 1070. The van der Waals surface area contributed by atoms with Crippen LogP contribution in [0.2, 0.25) is 0 Å². The molecule has 0 saturated carbocycles. The van der Waals surface area contributed by atoms with Crippen molar-refractivity contribution in [2.75, 3.05) is 0 Å². The highest BCUT2D eigenvalue weighted by molar-refractivity contribution is 7.09. The molecule has 1 N–H and O–H groups in total. The predicted octanol–water partition coefficient (Wildman–Crippen LogP) is 4.41. The summed E-state index contributed by atoms with van der Waals surface area (Å²) < 4.78 is 18.9. The molecule has 0 spiro atoms. The van der Waals surface area contributed by atoms with Gasteiger partial charge in [-0.2, -0.15) is 0 Å². The molecule has 1 unspecified atom stereocenters. The van der Waals surface area contributed by atoms with Crippen LogP contribution in [0.1, 0.15) is 28.0 Å². The number of ketones is 1. The smallest absolute Gasteiger partial charge is 0.296 e. The normalized spacial score (nSPS) is 18.8. The largest absolute Gasteiger partial charge is 0.507 e. The molecule has 3 aromatic rings. The van der Waals surface area contributed by atoms with Gasteiger partial charge in [-0.25, -0.2) is 4.39 Å². The maximum atomic E-state index is 13.2. The van der Waals surface area contributed by atoms with E-state index in [1.807, 2.05) is 17.5 Å². The third kappa shape index (κ3) is 3.14. The van der Waals surface area contributed by atoms with E-state index < -0.39 is 23.5 Å². The Kier molecular flexibility index (Phi) is 4.60. The molecule has 1 aliphatic heterocycles. The second-order valence-electron chi connectivity index (χ2n) is 6.46. The number of nitrogens with zero attached hydrogens (tertiary/aromatic N) is 1. The SMILES string of the molecule is Cc1ccc(C2/C(=C(/O)c3ccc(F)cc3)C(=O)C(=O)N2Cc2cccs2)o1. The summed E-state index contributed by atoms with van der Waals surface area (Å²) >= 11 is 1.47. The first-order valence-corrected chi connectivity index (χ1v) is 9.46. The fraction of sp³-hybridized carbons (Fsp3) is 0.143. The molecule has 5 nitrogen and oxygen atoms in total. The number of Topliss-reactive ketones (excluding diaryl/α,β-unsaturated/α-hetero) is 1. The molecule has 1 amide bonds. The van der Waals surface area contributed by atoms with E-state index in [4.69, 9.17) is 4.42 Å². The molecule has 3 heterocycles. The average Bonchev–Trinajstić information content (AvgIpc) is 3.39. The van der Waals surface area contributed by atoms with Crippen LogP contribution in [-0.2, 0) is 16.1 Å². The van der Waals surface area contributed by atoms with Crippen LogP contribution in [0, 0.1) is 12.7 Å². The van der Waals surface area contributed by atoms with Gasteiger partial charge in [-0.3, -0.25) is 9.59 Å². The maximum absolute atomic E-state index is 13.2. The molecule has 7 heteroatoms. The number of aliphatic hydroxyl groups excluding tert-OH is 1. The second-order valence-corrected chi connectivity index (χ2v) is 7.49. The van der Waals surface area contributed by atoms with Crippen LogP contribution in [0.5, 0.6) is 0 Å². The average molecular weight is 397 g/mol. The number of likely N-dealkylation sites (tertiary alicyclic amines) is 1. The fourth-order valence-electron chi connectivity index (χ4n) is 3.27. The van der Waals surface area contributed by atoms with Gasteiger partial charge in [0, 0.05) is 10.4 Å². The summed E-state index contributed by atoms with van der Waals surface area (Å²) in [7, 11) is 0. The van der Waals surface area contributed by atoms with Crippen molar-refractivity contribution in [3.05, 3.63) is 87.3 Å². The lowest BCUT2D eigenvalue weighted by molar-refractivity contribution is -0.140. The molecule has 4 rings (SSSR count). The van der Waals surface area contributed by atoms with E-state index in [0.29, 0.717) is 11.5 Å². The minimum absolute atomic E-state index is 0.0671. The summed E-state index contributed by atoms with van der Waals surface area (Å²) in [6, 6.07) is 11.4. The van der Waals surface area contributed by atoms with Gasteiger partial charge >= 0.3 is 0 Å². The summed E-state index contributed by atoms with van der Waals surface area (Å²) in [5, 5.41) is 12.7. The van der Waals surface area contributed by atoms with E-state index in [9.17, 15) is 19.1 Å². The Morgan fingerprint density at radius 2 is 1.93 bits per heavy atom. The van der Waals surface area contributed by atoms with Gasteiger partial charge in [0.2, 0.25) is 0 Å². The lowest BCUT2D eigenvalue weighted by Gasteiger charge is -2.22. The predicted molar refractivity (Wildman–Crippen MR) is 102 cm³/mol. The molecule has 0 bridgehead atoms. The van der Waals surface area contributed by atoms with Gasteiger partial charge < -0.3 is 14.4 Å². The molecule has 2 aromatic heterocycles. The van der Waals surface area contributed by atoms with Crippen LogP contribution in [0.25, 0.3) is 5.76 Å². The Morgan fingerprint density at radius 3 is 2.54 bits per heavy atom. The van der Waals surface area contributed by atoms with Gasteiger partial charge in [0.1, 0.15) is 29.1 Å². The molecule has 1 saturated heterocycles. The van der Waals surface area contributed by atoms with Crippen molar-refractivity contribution < 1.29 is 23.5 Å². The Hall–Kier alpha value is -3.19. The Morgan fingerprint density at radius 1 is 1.18 bits per heavy atom. The zero-order chi connectivity index (χ0) is 19.8. The number of hydrogen-bond acceptors (Lipinski definition) is 5. The highest BCUT2D eigenvalue weighted by Gasteiger charge is 2.47. The van der Waals surface area contributed by atoms with Crippen molar-refractivity contribution in [2.45, 2.75) is 19.5 Å². The monoisotopic (exact) mass is 397 g/mol. The highest BCUT2D eigenvalue weighted by Crippen LogP contribution is 2.41. The molecule has 1 atom stereocenters. The van der Waals surface area contributed by atoms with Gasteiger partial charge in [-0.05, 0) is 54.8 Å². The second kappa shape index (κ2) is 7.09. The topological polar surface area (TPSA) is 70.8 Å². The molecule has 28 heavy (non-hydrogen) atoms. The van der Waals surface area contributed by atoms with E-state index in [-0.39, 0.29) is 23.4 Å². The van der Waals surface area contributed by atoms with Crippen LogP contribution in [0.4, 0.5) is 4.39 Å². The molecular weight excluding hydrogens is 381 g/mol. The number of benzene rings is 1. The summed E-state index contributed by atoms with van der Waals surface area (Å²) in [5.41, 5.74) is 0.186. The standard InChI is InChI=1S/C21H16FNO4S/c1-12-4-9-16(27-12)18-17(19(24)13-5-7-14(22)8-6-13)20(25)21(26)23(18)11-15-3-2-10-28-15/h2-10,18,24H,11H2,1H3/b19-17-. The highest BCUT2D eigenvalue weighted by atomic mass is 32.1. The van der Waals surface area contributed by atoms with E-state index in [1.54, 1.807) is 19.1 Å². The lowest BCUT2D eigenvalue weighted by Crippen LogP contribution is -2.28. The molecule has 1 aromatic carbocycles. The molecule has 1 aliphatic rings. The van der Waals surface area contributed by atoms with Crippen LogP contribution in [0.15, 0.2) is 63.9 Å². The van der Waals surface area contributed by atoms with E-state index in [0.717, 1.165) is 4.88 Å². The van der Waals surface area contributed by atoms with Crippen molar-refractivity contribution in [1.82, 2.24) is 4.90 Å². The third-order valence-corrected chi connectivity index (χ3v) is 5.46. The van der Waals surface area contributed by atoms with Crippen molar-refractivity contribution in [2.24, 2.45) is 0 Å². The number of aliphatic hydroxyl groups is 1. The summed E-state index contributed by atoms with van der Waals surface area (Å²) in [6.07, 6.45) is 0. The lowest BCUT2D eigenvalue weighted by atomic mass is 9.99. The quantitative estimate of drug-likeness (QED) is 0.402. The van der Waals surface area contributed by atoms with Gasteiger partial charge in [0.15, 0.2) is 0 Å². The van der Waals surface area contributed by atoms with Gasteiger partial charge in [0.05, 0.1) is 12.1 Å². The van der Waals surface area contributed by atoms with Crippen molar-refractivity contribution >= 4 is 28.8 Å². The Labute approximate surface area is 164 Å². The fourth-order valence-corrected chi connectivity index (χ4v) is 3.98. The van der Waals surface area contributed by atoms with E-state index in [1.165, 1.54) is 40.5 Å². The zero-order valence-corrected chi connectivity index (χ0v) is 15.7. The minimum Gasteiger partial charge on any atom is -0.507 e. The van der Waals surface area contributed by atoms with Crippen LogP contribution in [0.3, 0.4) is 0 Å². The number of halogens is 1. The maximum Gasteiger partial charge on any atom is 0.296 e. The number of thiophene rings is 1. The first-order valence-electron chi connectivity index (χ1n) is 8.59. The van der Waals surface area contributed by atoms with Crippen LogP contribution >= 0.6 is 11.3 Å². The molecule has 142 valence electrons. The molecule has 0 aliphatic carbocycles. The van der Waals surface area contributed by atoms with Crippen LogP contribution < -0.4 is 0 Å². The van der Waals surface area contributed by atoms with E-state index in [2.05, 4.69) is 0 Å². The van der Waals surface area contributed by atoms with Gasteiger partial charge in [-0.1, -0.05) is 6.07 Å². The molecular formula is C21H16FNO4S. The van der Waals surface area contributed by atoms with Crippen molar-refractivity contribution in [1.29, 1.82) is 0 Å². The zero-order valence-electron chi connectivity index (χ0n) is 14.9.